The molecule has 0 spiro atoms. The molecule has 1 aromatic carbocycles. The summed E-state index contributed by atoms with van der Waals surface area (Å²) in [6.45, 7) is 0.800. The third kappa shape index (κ3) is 5.12. The van der Waals surface area contributed by atoms with Gasteiger partial charge in [-0.15, -0.1) is 0 Å². The molecule has 0 saturated heterocycles. The fourth-order valence-electron chi connectivity index (χ4n) is 3.02. The summed E-state index contributed by atoms with van der Waals surface area (Å²) in [7, 11) is 1.62. The van der Waals surface area contributed by atoms with E-state index in [-0.39, 0.29) is 5.91 Å². The first-order chi connectivity index (χ1) is 12.7. The van der Waals surface area contributed by atoms with Crippen LogP contribution in [0.25, 0.3) is 0 Å². The molecule has 0 bridgehead atoms. The summed E-state index contributed by atoms with van der Waals surface area (Å²) in [4.78, 5) is 16.4. The van der Waals surface area contributed by atoms with Gasteiger partial charge in [0.05, 0.1) is 25.5 Å². The lowest BCUT2D eigenvalue weighted by molar-refractivity contribution is 0.0942. The van der Waals surface area contributed by atoms with Crippen molar-refractivity contribution in [2.45, 2.75) is 31.7 Å². The maximum absolute atomic E-state index is 12.1. The fourth-order valence-corrected chi connectivity index (χ4v) is 3.02. The number of amides is 1. The zero-order valence-electron chi connectivity index (χ0n) is 15.0. The number of pyridine rings is 1. The van der Waals surface area contributed by atoms with Crippen molar-refractivity contribution in [2.75, 3.05) is 25.6 Å². The van der Waals surface area contributed by atoms with Gasteiger partial charge in [-0.3, -0.25) is 4.79 Å². The molecule has 1 aromatic heterocycles. The van der Waals surface area contributed by atoms with Crippen LogP contribution in [0.2, 0.25) is 0 Å². The second kappa shape index (κ2) is 9.08. The van der Waals surface area contributed by atoms with Crippen molar-refractivity contribution in [1.29, 1.82) is 0 Å². The molecule has 0 radical (unpaired) electrons. The molecule has 0 unspecified atom stereocenters. The normalized spacial score (nSPS) is 14.0. The van der Waals surface area contributed by atoms with Crippen LogP contribution in [-0.4, -0.2) is 37.2 Å². The fraction of sp³-hybridized carbons (Fsp3) is 0.400. The number of anilines is 1. The lowest BCUT2D eigenvalue weighted by atomic mass is 10.2. The van der Waals surface area contributed by atoms with Gasteiger partial charge in [0.25, 0.3) is 5.91 Å². The van der Waals surface area contributed by atoms with E-state index in [1.807, 2.05) is 30.3 Å². The summed E-state index contributed by atoms with van der Waals surface area (Å²) in [6.07, 6.45) is 6.70. The lowest BCUT2D eigenvalue weighted by Gasteiger charge is -2.13. The number of nitrogens with zero attached hydrogens (tertiary/aromatic N) is 1. The average Bonchev–Trinajstić information content (AvgIpc) is 3.19. The summed E-state index contributed by atoms with van der Waals surface area (Å²) in [5, 5.41) is 6.28. The van der Waals surface area contributed by atoms with E-state index in [1.54, 1.807) is 19.4 Å². The lowest BCUT2D eigenvalue weighted by Crippen LogP contribution is -2.28. The number of carbonyl (C=O) groups is 1. The van der Waals surface area contributed by atoms with Gasteiger partial charge in [-0.1, -0.05) is 12.8 Å². The largest absolute Gasteiger partial charge is 0.497 e. The zero-order chi connectivity index (χ0) is 18.2. The summed E-state index contributed by atoms with van der Waals surface area (Å²) >= 11 is 0. The van der Waals surface area contributed by atoms with Crippen LogP contribution in [-0.2, 0) is 0 Å². The summed E-state index contributed by atoms with van der Waals surface area (Å²) in [5.74, 6) is 1.32. The molecule has 1 aliphatic rings. The molecule has 1 heterocycles. The number of hydrogen-bond acceptors (Lipinski definition) is 5. The Bertz CT molecular complexity index is 695. The highest BCUT2D eigenvalue weighted by Gasteiger charge is 2.14. The number of nitrogens with one attached hydrogen (secondary N) is 2. The van der Waals surface area contributed by atoms with Crippen LogP contribution >= 0.6 is 0 Å². The van der Waals surface area contributed by atoms with Gasteiger partial charge in [0, 0.05) is 6.04 Å². The third-order valence-corrected chi connectivity index (χ3v) is 4.44. The van der Waals surface area contributed by atoms with Crippen LogP contribution in [0.15, 0.2) is 42.6 Å². The Balaban J connectivity index is 1.39. The molecule has 138 valence electrons. The Morgan fingerprint density at radius 1 is 1.12 bits per heavy atom. The first-order valence-corrected chi connectivity index (χ1v) is 9.02. The molecule has 1 saturated carbocycles. The Hall–Kier alpha value is -2.76. The molecular formula is C20H25N3O3. The van der Waals surface area contributed by atoms with Crippen molar-refractivity contribution in [1.82, 2.24) is 10.3 Å². The molecule has 0 atom stereocenters. The van der Waals surface area contributed by atoms with E-state index < -0.39 is 0 Å². The average molecular weight is 355 g/mol. The van der Waals surface area contributed by atoms with Crippen LogP contribution in [0.3, 0.4) is 0 Å². The van der Waals surface area contributed by atoms with Crippen molar-refractivity contribution < 1.29 is 14.3 Å². The number of hydrogen-bond donors (Lipinski definition) is 2. The van der Waals surface area contributed by atoms with Gasteiger partial charge < -0.3 is 20.1 Å². The Labute approximate surface area is 153 Å². The van der Waals surface area contributed by atoms with Gasteiger partial charge in [-0.2, -0.15) is 0 Å². The Morgan fingerprint density at radius 3 is 2.50 bits per heavy atom. The second-order valence-corrected chi connectivity index (χ2v) is 6.34. The minimum Gasteiger partial charge on any atom is -0.497 e. The van der Waals surface area contributed by atoms with Crippen molar-refractivity contribution in [3.8, 4) is 11.5 Å². The molecule has 2 N–H and O–H groups in total. The Morgan fingerprint density at radius 2 is 1.85 bits per heavy atom. The van der Waals surface area contributed by atoms with Crippen LogP contribution < -0.4 is 20.1 Å². The molecule has 26 heavy (non-hydrogen) atoms. The summed E-state index contributed by atoms with van der Waals surface area (Å²) in [5.41, 5.74) is 1.38. The maximum atomic E-state index is 12.1. The first kappa shape index (κ1) is 18.0. The molecule has 6 heteroatoms. The first-order valence-electron chi connectivity index (χ1n) is 9.02. The van der Waals surface area contributed by atoms with Gasteiger partial charge in [0.2, 0.25) is 0 Å². The number of rotatable bonds is 8. The minimum atomic E-state index is -0.198. The van der Waals surface area contributed by atoms with E-state index in [9.17, 15) is 4.79 Å². The van der Waals surface area contributed by atoms with E-state index in [4.69, 9.17) is 9.47 Å². The maximum Gasteiger partial charge on any atom is 0.269 e. The molecule has 6 nitrogen and oxygen atoms in total. The monoisotopic (exact) mass is 355 g/mol. The number of benzene rings is 1. The number of ether oxygens (including phenoxy) is 2. The van der Waals surface area contributed by atoms with Gasteiger partial charge in [0.15, 0.2) is 0 Å². The van der Waals surface area contributed by atoms with Crippen LogP contribution in [0.1, 0.15) is 36.2 Å². The number of methoxy groups -OCH3 is 1. The highest BCUT2D eigenvalue weighted by Crippen LogP contribution is 2.22. The van der Waals surface area contributed by atoms with E-state index in [0.717, 1.165) is 17.2 Å². The van der Waals surface area contributed by atoms with Gasteiger partial charge >= 0.3 is 0 Å². The predicted molar refractivity (Wildman–Crippen MR) is 101 cm³/mol. The number of carbonyl (C=O) groups excluding carboxylic acids is 1. The minimum absolute atomic E-state index is 0.198. The molecule has 0 aliphatic heterocycles. The molecular weight excluding hydrogens is 330 g/mol. The molecule has 1 fully saturated rings. The van der Waals surface area contributed by atoms with E-state index >= 15 is 0 Å². The molecule has 1 aliphatic carbocycles. The topological polar surface area (TPSA) is 72.5 Å². The summed E-state index contributed by atoms with van der Waals surface area (Å²) in [6, 6.07) is 11.5. The van der Waals surface area contributed by atoms with Crippen molar-refractivity contribution in [3.63, 3.8) is 0 Å². The highest BCUT2D eigenvalue weighted by molar-refractivity contribution is 5.92. The zero-order valence-corrected chi connectivity index (χ0v) is 15.0. The third-order valence-electron chi connectivity index (χ3n) is 4.44. The van der Waals surface area contributed by atoms with Gasteiger partial charge in [-0.25, -0.2) is 4.98 Å². The molecule has 3 rings (SSSR count). The number of aromatic nitrogens is 1. The predicted octanol–water partition coefficient (Wildman–Crippen LogP) is 3.25. The SMILES string of the molecule is COc1ccc(OCCNC(=O)c2ccc(NC3CCCC3)cn2)cc1. The standard InChI is InChI=1S/C20H25N3O3/c1-25-17-7-9-18(10-8-17)26-13-12-21-20(24)19-11-6-16(14-22-19)23-15-4-2-3-5-15/h6-11,14-15,23H,2-5,12-13H2,1H3,(H,21,24). The Kier molecular flexibility index (Phi) is 6.30. The van der Waals surface area contributed by atoms with Gasteiger partial charge in [0.1, 0.15) is 23.8 Å². The summed E-state index contributed by atoms with van der Waals surface area (Å²) < 4.78 is 10.7. The quantitative estimate of drug-likeness (QED) is 0.711. The van der Waals surface area contributed by atoms with E-state index in [0.29, 0.717) is 24.9 Å². The van der Waals surface area contributed by atoms with Crippen LogP contribution in [0, 0.1) is 0 Å². The van der Waals surface area contributed by atoms with Crippen LogP contribution in [0.5, 0.6) is 11.5 Å². The second-order valence-electron chi connectivity index (χ2n) is 6.34. The highest BCUT2D eigenvalue weighted by atomic mass is 16.5. The van der Waals surface area contributed by atoms with E-state index in [1.165, 1.54) is 25.7 Å². The van der Waals surface area contributed by atoms with Crippen LogP contribution in [0.4, 0.5) is 5.69 Å². The molecule has 2 aromatic rings. The van der Waals surface area contributed by atoms with Crippen molar-refractivity contribution in [2.24, 2.45) is 0 Å². The molecule has 1 amide bonds. The smallest absolute Gasteiger partial charge is 0.269 e. The van der Waals surface area contributed by atoms with Crippen molar-refractivity contribution in [3.05, 3.63) is 48.3 Å². The van der Waals surface area contributed by atoms with Crippen molar-refractivity contribution >= 4 is 11.6 Å². The van der Waals surface area contributed by atoms with E-state index in [2.05, 4.69) is 15.6 Å². The van der Waals surface area contributed by atoms with Gasteiger partial charge in [-0.05, 0) is 49.2 Å².